The number of nitrogens with one attached hydrogen (secondary N) is 2. The third-order valence-corrected chi connectivity index (χ3v) is 4.29. The van der Waals surface area contributed by atoms with E-state index in [9.17, 15) is 4.79 Å². The summed E-state index contributed by atoms with van der Waals surface area (Å²) in [4.78, 5) is 12.3. The highest BCUT2D eigenvalue weighted by Crippen LogP contribution is 2.17. The van der Waals surface area contributed by atoms with Gasteiger partial charge in [0.1, 0.15) is 12.4 Å². The molecule has 1 aromatic carbocycles. The monoisotopic (exact) mass is 343 g/mol. The Bertz CT molecular complexity index is 709. The zero-order chi connectivity index (χ0) is 17.6. The molecule has 7 heteroatoms. The Morgan fingerprint density at radius 2 is 2.24 bits per heavy atom. The van der Waals surface area contributed by atoms with E-state index in [-0.39, 0.29) is 11.9 Å². The van der Waals surface area contributed by atoms with Crippen LogP contribution in [-0.2, 0) is 0 Å². The van der Waals surface area contributed by atoms with E-state index in [1.807, 2.05) is 42.8 Å². The largest absolute Gasteiger partial charge is 0.491 e. The normalized spacial score (nSPS) is 16.4. The lowest BCUT2D eigenvalue weighted by Crippen LogP contribution is -2.37. The van der Waals surface area contributed by atoms with Crippen molar-refractivity contribution in [2.24, 2.45) is 0 Å². The smallest absolute Gasteiger partial charge is 0.273 e. The van der Waals surface area contributed by atoms with Crippen molar-refractivity contribution >= 4 is 5.91 Å². The first-order chi connectivity index (χ1) is 12.1. The highest BCUT2D eigenvalue weighted by atomic mass is 16.5. The van der Waals surface area contributed by atoms with E-state index < -0.39 is 0 Å². The van der Waals surface area contributed by atoms with Gasteiger partial charge in [0.2, 0.25) is 0 Å². The molecule has 1 unspecified atom stereocenters. The van der Waals surface area contributed by atoms with Gasteiger partial charge in [-0.05, 0) is 57.5 Å². The number of aromatic nitrogens is 3. The first-order valence-electron chi connectivity index (χ1n) is 8.74. The van der Waals surface area contributed by atoms with Gasteiger partial charge in [0.15, 0.2) is 5.69 Å². The van der Waals surface area contributed by atoms with Crippen LogP contribution in [0.2, 0.25) is 0 Å². The summed E-state index contributed by atoms with van der Waals surface area (Å²) in [5.74, 6) is 0.582. The van der Waals surface area contributed by atoms with Gasteiger partial charge in [-0.25, -0.2) is 4.68 Å². The number of carbonyl (C=O) groups is 1. The molecule has 2 aromatic rings. The number of aryl methyl sites for hydroxylation is 1. The maximum atomic E-state index is 12.3. The van der Waals surface area contributed by atoms with Crippen molar-refractivity contribution < 1.29 is 9.53 Å². The number of amides is 1. The van der Waals surface area contributed by atoms with E-state index in [0.29, 0.717) is 18.3 Å². The highest BCUT2D eigenvalue weighted by Gasteiger charge is 2.19. The maximum absolute atomic E-state index is 12.3. The van der Waals surface area contributed by atoms with Gasteiger partial charge >= 0.3 is 0 Å². The van der Waals surface area contributed by atoms with E-state index in [4.69, 9.17) is 4.74 Å². The number of hydrogen-bond acceptors (Lipinski definition) is 5. The number of hydrogen-bond donors (Lipinski definition) is 2. The summed E-state index contributed by atoms with van der Waals surface area (Å²) in [6.45, 7) is 6.27. The molecule has 134 valence electrons. The van der Waals surface area contributed by atoms with Crippen LogP contribution < -0.4 is 15.4 Å². The summed E-state index contributed by atoms with van der Waals surface area (Å²) in [5.41, 5.74) is 1.49. The number of carbonyl (C=O) groups excluding carboxylic acids is 1. The summed E-state index contributed by atoms with van der Waals surface area (Å²) < 4.78 is 7.53. The molecule has 1 saturated heterocycles. The van der Waals surface area contributed by atoms with Gasteiger partial charge in [-0.2, -0.15) is 0 Å². The second kappa shape index (κ2) is 8.11. The lowest BCUT2D eigenvalue weighted by molar-refractivity contribution is 0.0921. The SMILES string of the molecule is Cc1cccc(OCC(C)NC(=O)c2cn(C3CCNCC3)nn2)c1. The van der Waals surface area contributed by atoms with Gasteiger partial charge in [-0.15, -0.1) is 5.10 Å². The Labute approximate surface area is 147 Å². The Morgan fingerprint density at radius 3 is 3.00 bits per heavy atom. The van der Waals surface area contributed by atoms with Crippen molar-refractivity contribution in [2.75, 3.05) is 19.7 Å². The van der Waals surface area contributed by atoms with Crippen LogP contribution in [0, 0.1) is 6.92 Å². The van der Waals surface area contributed by atoms with Crippen molar-refractivity contribution in [1.29, 1.82) is 0 Å². The molecule has 0 radical (unpaired) electrons. The molecule has 0 bridgehead atoms. The molecular weight excluding hydrogens is 318 g/mol. The van der Waals surface area contributed by atoms with Crippen molar-refractivity contribution in [1.82, 2.24) is 25.6 Å². The third kappa shape index (κ3) is 4.79. The Hall–Kier alpha value is -2.41. The number of benzene rings is 1. The molecule has 0 spiro atoms. The summed E-state index contributed by atoms with van der Waals surface area (Å²) in [6, 6.07) is 8.04. The predicted molar refractivity (Wildman–Crippen MR) is 94.8 cm³/mol. The standard InChI is InChI=1S/C18H25N5O2/c1-13-4-3-5-16(10-13)25-12-14(2)20-18(24)17-11-23(22-21-17)15-6-8-19-9-7-15/h3-5,10-11,14-15,19H,6-9,12H2,1-2H3,(H,20,24). The minimum atomic E-state index is -0.222. The van der Waals surface area contributed by atoms with Gasteiger partial charge in [-0.1, -0.05) is 17.3 Å². The Balaban J connectivity index is 1.50. The molecule has 3 rings (SSSR count). The second-order valence-corrected chi connectivity index (χ2v) is 6.57. The van der Waals surface area contributed by atoms with Crippen LogP contribution in [0.3, 0.4) is 0 Å². The molecule has 2 N–H and O–H groups in total. The van der Waals surface area contributed by atoms with Gasteiger partial charge in [0, 0.05) is 0 Å². The van der Waals surface area contributed by atoms with Crippen LogP contribution in [0.4, 0.5) is 0 Å². The van der Waals surface area contributed by atoms with Crippen molar-refractivity contribution in [3.05, 3.63) is 41.7 Å². The minimum Gasteiger partial charge on any atom is -0.491 e. The molecule has 25 heavy (non-hydrogen) atoms. The fourth-order valence-corrected chi connectivity index (χ4v) is 2.90. The van der Waals surface area contributed by atoms with Gasteiger partial charge in [0.25, 0.3) is 5.91 Å². The summed E-state index contributed by atoms with van der Waals surface area (Å²) >= 11 is 0. The van der Waals surface area contributed by atoms with Crippen LogP contribution in [0.5, 0.6) is 5.75 Å². The van der Waals surface area contributed by atoms with Gasteiger partial charge < -0.3 is 15.4 Å². The molecule has 1 fully saturated rings. The molecular formula is C18H25N5O2. The number of rotatable bonds is 6. The van der Waals surface area contributed by atoms with E-state index in [2.05, 4.69) is 20.9 Å². The van der Waals surface area contributed by atoms with E-state index >= 15 is 0 Å². The summed E-state index contributed by atoms with van der Waals surface area (Å²) in [7, 11) is 0. The maximum Gasteiger partial charge on any atom is 0.273 e. The summed E-state index contributed by atoms with van der Waals surface area (Å²) in [6.07, 6.45) is 3.75. The fourth-order valence-electron chi connectivity index (χ4n) is 2.90. The van der Waals surface area contributed by atoms with Gasteiger partial charge in [-0.3, -0.25) is 4.79 Å². The van der Waals surface area contributed by atoms with Crippen molar-refractivity contribution in [2.45, 2.75) is 38.8 Å². The lowest BCUT2D eigenvalue weighted by Gasteiger charge is -2.22. The summed E-state index contributed by atoms with van der Waals surface area (Å²) in [5, 5.41) is 14.4. The molecule has 1 aliphatic rings. The van der Waals surface area contributed by atoms with Crippen LogP contribution in [-0.4, -0.2) is 46.6 Å². The highest BCUT2D eigenvalue weighted by molar-refractivity contribution is 5.92. The van der Waals surface area contributed by atoms with Crippen molar-refractivity contribution in [3.63, 3.8) is 0 Å². The first-order valence-corrected chi connectivity index (χ1v) is 8.74. The molecule has 7 nitrogen and oxygen atoms in total. The Kier molecular flexibility index (Phi) is 5.65. The molecule has 0 aliphatic carbocycles. The van der Waals surface area contributed by atoms with Gasteiger partial charge in [0.05, 0.1) is 18.3 Å². The van der Waals surface area contributed by atoms with E-state index in [0.717, 1.165) is 37.2 Å². The fraction of sp³-hybridized carbons (Fsp3) is 0.500. The van der Waals surface area contributed by atoms with Crippen LogP contribution in [0.15, 0.2) is 30.5 Å². The van der Waals surface area contributed by atoms with Crippen LogP contribution in [0.1, 0.15) is 41.9 Å². The average molecular weight is 343 g/mol. The van der Waals surface area contributed by atoms with E-state index in [1.54, 1.807) is 6.20 Å². The van der Waals surface area contributed by atoms with E-state index in [1.165, 1.54) is 0 Å². The molecule has 1 aliphatic heterocycles. The van der Waals surface area contributed by atoms with Crippen LogP contribution in [0.25, 0.3) is 0 Å². The predicted octanol–water partition coefficient (Wildman–Crippen LogP) is 1.71. The Morgan fingerprint density at radius 1 is 1.44 bits per heavy atom. The number of ether oxygens (including phenoxy) is 1. The number of piperidine rings is 1. The van der Waals surface area contributed by atoms with Crippen molar-refractivity contribution in [3.8, 4) is 5.75 Å². The molecule has 2 heterocycles. The number of nitrogens with zero attached hydrogens (tertiary/aromatic N) is 3. The van der Waals surface area contributed by atoms with Crippen LogP contribution >= 0.6 is 0 Å². The molecule has 0 saturated carbocycles. The third-order valence-electron chi connectivity index (χ3n) is 4.29. The zero-order valence-electron chi connectivity index (χ0n) is 14.7. The second-order valence-electron chi connectivity index (χ2n) is 6.57. The average Bonchev–Trinajstić information content (AvgIpc) is 3.11. The topological polar surface area (TPSA) is 81.1 Å². The molecule has 1 amide bonds. The lowest BCUT2D eigenvalue weighted by atomic mass is 10.1. The minimum absolute atomic E-state index is 0.128. The quantitative estimate of drug-likeness (QED) is 0.834. The molecule has 1 aromatic heterocycles. The molecule has 1 atom stereocenters. The first kappa shape index (κ1) is 17.4. The zero-order valence-corrected chi connectivity index (χ0v) is 14.7.